The first-order chi connectivity index (χ1) is 10.6. The zero-order chi connectivity index (χ0) is 15.9. The van der Waals surface area contributed by atoms with E-state index in [1.165, 1.54) is 5.56 Å². The average molecular weight is 314 g/mol. The van der Waals surface area contributed by atoms with Gasteiger partial charge in [-0.05, 0) is 48.8 Å². The van der Waals surface area contributed by atoms with Crippen LogP contribution in [0.2, 0.25) is 0 Å². The lowest BCUT2D eigenvalue weighted by atomic mass is 10.1. The van der Waals surface area contributed by atoms with Gasteiger partial charge in [0.05, 0.1) is 18.8 Å². The lowest BCUT2D eigenvalue weighted by molar-refractivity contribution is 0.417. The highest BCUT2D eigenvalue weighted by Gasteiger charge is 2.11. The Kier molecular flexibility index (Phi) is 5.78. The molecule has 0 saturated carbocycles. The normalized spacial score (nSPS) is 11.6. The van der Waals surface area contributed by atoms with E-state index in [1.807, 2.05) is 43.3 Å². The summed E-state index contributed by atoms with van der Waals surface area (Å²) in [6, 6.07) is 16.5. The summed E-state index contributed by atoms with van der Waals surface area (Å²) in [5.41, 5.74) is 3.26. The summed E-state index contributed by atoms with van der Waals surface area (Å²) in [5, 5.41) is 7.20. The molecule has 2 rings (SSSR count). The third-order valence-corrected chi connectivity index (χ3v) is 3.74. The van der Waals surface area contributed by atoms with E-state index in [2.05, 4.69) is 29.7 Å². The molecule has 0 aromatic heterocycles. The monoisotopic (exact) mass is 314 g/mol. The molecular weight excluding hydrogens is 292 g/mol. The first-order valence-electron chi connectivity index (χ1n) is 7.41. The Morgan fingerprint density at radius 2 is 1.91 bits per heavy atom. The van der Waals surface area contributed by atoms with Crippen LogP contribution >= 0.6 is 12.2 Å². The van der Waals surface area contributed by atoms with Gasteiger partial charge in [0.15, 0.2) is 5.11 Å². The van der Waals surface area contributed by atoms with Crippen molar-refractivity contribution >= 4 is 23.0 Å². The first-order valence-corrected chi connectivity index (χ1v) is 7.82. The summed E-state index contributed by atoms with van der Waals surface area (Å²) in [4.78, 5) is 0. The van der Waals surface area contributed by atoms with Gasteiger partial charge in [-0.15, -0.1) is 0 Å². The molecule has 22 heavy (non-hydrogen) atoms. The number of rotatable bonds is 5. The van der Waals surface area contributed by atoms with Gasteiger partial charge in [-0.25, -0.2) is 0 Å². The van der Waals surface area contributed by atoms with Crippen molar-refractivity contribution in [2.45, 2.75) is 26.3 Å². The number of aryl methyl sites for hydroxylation is 1. The molecule has 1 atom stereocenters. The molecule has 0 amide bonds. The smallest absolute Gasteiger partial charge is 0.171 e. The molecule has 0 saturated heterocycles. The van der Waals surface area contributed by atoms with Crippen LogP contribution in [-0.2, 0) is 0 Å². The van der Waals surface area contributed by atoms with Crippen LogP contribution in [0.25, 0.3) is 0 Å². The quantitative estimate of drug-likeness (QED) is 0.799. The number of anilines is 1. The highest BCUT2D eigenvalue weighted by Crippen LogP contribution is 2.25. The maximum atomic E-state index is 5.45. The van der Waals surface area contributed by atoms with Gasteiger partial charge in [0.1, 0.15) is 5.75 Å². The number of hydrogen-bond donors (Lipinski definition) is 2. The first kappa shape index (κ1) is 16.3. The van der Waals surface area contributed by atoms with E-state index in [4.69, 9.17) is 17.0 Å². The summed E-state index contributed by atoms with van der Waals surface area (Å²) in [5.74, 6) is 0.780. The molecule has 0 fully saturated rings. The number of thiocarbonyl (C=S) groups is 1. The predicted molar refractivity (Wildman–Crippen MR) is 96.6 cm³/mol. The summed E-state index contributed by atoms with van der Waals surface area (Å²) >= 11 is 5.45. The molecule has 0 aliphatic rings. The molecule has 0 spiro atoms. The Labute approximate surface area is 137 Å². The molecule has 2 N–H and O–H groups in total. The largest absolute Gasteiger partial charge is 0.495 e. The van der Waals surface area contributed by atoms with Crippen LogP contribution in [0.5, 0.6) is 5.75 Å². The lowest BCUT2D eigenvalue weighted by Gasteiger charge is -2.21. The Morgan fingerprint density at radius 1 is 1.18 bits per heavy atom. The van der Waals surface area contributed by atoms with Crippen molar-refractivity contribution in [3.05, 3.63) is 59.7 Å². The van der Waals surface area contributed by atoms with Gasteiger partial charge in [-0.2, -0.15) is 0 Å². The second-order valence-electron chi connectivity index (χ2n) is 5.17. The molecule has 2 aromatic carbocycles. The molecule has 0 unspecified atom stereocenters. The van der Waals surface area contributed by atoms with Crippen LogP contribution in [0.3, 0.4) is 0 Å². The summed E-state index contributed by atoms with van der Waals surface area (Å²) in [6.07, 6.45) is 0.955. The standard InChI is InChI=1S/C18H22N2OS/c1-4-15(14-8-6-5-7-9-14)19-18(22)20-16-12-13(2)10-11-17(16)21-3/h5-12,15H,4H2,1-3H3,(H2,19,20,22)/t15-/m1/s1. The topological polar surface area (TPSA) is 33.3 Å². The van der Waals surface area contributed by atoms with Gasteiger partial charge in [0.25, 0.3) is 0 Å². The Morgan fingerprint density at radius 3 is 2.55 bits per heavy atom. The number of ether oxygens (including phenoxy) is 1. The molecule has 0 bridgehead atoms. The highest BCUT2D eigenvalue weighted by molar-refractivity contribution is 7.80. The maximum absolute atomic E-state index is 5.45. The van der Waals surface area contributed by atoms with E-state index >= 15 is 0 Å². The van der Waals surface area contributed by atoms with E-state index in [0.29, 0.717) is 5.11 Å². The molecule has 0 heterocycles. The van der Waals surface area contributed by atoms with Crippen molar-refractivity contribution in [1.29, 1.82) is 0 Å². The van der Waals surface area contributed by atoms with Crippen LogP contribution in [0.15, 0.2) is 48.5 Å². The van der Waals surface area contributed by atoms with Crippen molar-refractivity contribution in [2.75, 3.05) is 12.4 Å². The molecule has 0 aliphatic heterocycles. The van der Waals surface area contributed by atoms with Crippen molar-refractivity contribution in [3.63, 3.8) is 0 Å². The van der Waals surface area contributed by atoms with Crippen molar-refractivity contribution < 1.29 is 4.74 Å². The summed E-state index contributed by atoms with van der Waals surface area (Å²) in [7, 11) is 1.66. The minimum atomic E-state index is 0.192. The fourth-order valence-electron chi connectivity index (χ4n) is 2.34. The third kappa shape index (κ3) is 4.21. The lowest BCUT2D eigenvalue weighted by Crippen LogP contribution is -2.32. The average Bonchev–Trinajstić information content (AvgIpc) is 2.53. The fraction of sp³-hybridized carbons (Fsp3) is 0.278. The fourth-order valence-corrected chi connectivity index (χ4v) is 2.59. The molecular formula is C18H22N2OS. The van der Waals surface area contributed by atoms with E-state index in [1.54, 1.807) is 7.11 Å². The Bertz CT molecular complexity index is 628. The number of nitrogens with one attached hydrogen (secondary N) is 2. The van der Waals surface area contributed by atoms with E-state index in [9.17, 15) is 0 Å². The van der Waals surface area contributed by atoms with Crippen molar-refractivity contribution in [1.82, 2.24) is 5.32 Å². The van der Waals surface area contributed by atoms with Crippen molar-refractivity contribution in [3.8, 4) is 5.75 Å². The van der Waals surface area contributed by atoms with Gasteiger partial charge in [0, 0.05) is 0 Å². The number of hydrogen-bond acceptors (Lipinski definition) is 2. The molecule has 0 radical (unpaired) electrons. The van der Waals surface area contributed by atoms with Crippen LogP contribution < -0.4 is 15.4 Å². The SMILES string of the molecule is CC[C@@H](NC(=S)Nc1cc(C)ccc1OC)c1ccccc1. The minimum Gasteiger partial charge on any atom is -0.495 e. The Hall–Kier alpha value is -2.07. The van der Waals surface area contributed by atoms with E-state index in [0.717, 1.165) is 23.4 Å². The minimum absolute atomic E-state index is 0.192. The summed E-state index contributed by atoms with van der Waals surface area (Å²) < 4.78 is 5.37. The molecule has 2 aromatic rings. The van der Waals surface area contributed by atoms with Gasteiger partial charge < -0.3 is 15.4 Å². The highest BCUT2D eigenvalue weighted by atomic mass is 32.1. The zero-order valence-electron chi connectivity index (χ0n) is 13.2. The Balaban J connectivity index is 2.08. The second kappa shape index (κ2) is 7.80. The molecule has 4 heteroatoms. The molecule has 0 aliphatic carbocycles. The van der Waals surface area contributed by atoms with E-state index < -0.39 is 0 Å². The van der Waals surface area contributed by atoms with Crippen LogP contribution in [-0.4, -0.2) is 12.2 Å². The maximum Gasteiger partial charge on any atom is 0.171 e. The molecule has 116 valence electrons. The van der Waals surface area contributed by atoms with Crippen LogP contribution in [0.4, 0.5) is 5.69 Å². The van der Waals surface area contributed by atoms with Gasteiger partial charge in [-0.1, -0.05) is 43.3 Å². The second-order valence-corrected chi connectivity index (χ2v) is 5.58. The van der Waals surface area contributed by atoms with Crippen LogP contribution in [0, 0.1) is 6.92 Å². The van der Waals surface area contributed by atoms with Gasteiger partial charge in [0.2, 0.25) is 0 Å². The van der Waals surface area contributed by atoms with Crippen LogP contribution in [0.1, 0.15) is 30.5 Å². The number of methoxy groups -OCH3 is 1. The predicted octanol–water partition coefficient (Wildman–Crippen LogP) is 4.44. The summed E-state index contributed by atoms with van der Waals surface area (Å²) in [6.45, 7) is 4.18. The van der Waals surface area contributed by atoms with Gasteiger partial charge in [-0.3, -0.25) is 0 Å². The third-order valence-electron chi connectivity index (χ3n) is 3.52. The van der Waals surface area contributed by atoms with Gasteiger partial charge >= 0.3 is 0 Å². The zero-order valence-corrected chi connectivity index (χ0v) is 14.0. The van der Waals surface area contributed by atoms with Crippen molar-refractivity contribution in [2.24, 2.45) is 0 Å². The molecule has 3 nitrogen and oxygen atoms in total. The number of benzene rings is 2. The van der Waals surface area contributed by atoms with E-state index in [-0.39, 0.29) is 6.04 Å².